The second-order valence-electron chi connectivity index (χ2n) is 3.72. The largest absolute Gasteiger partial charge is 0.396 e. The van der Waals surface area contributed by atoms with E-state index in [0.29, 0.717) is 11.7 Å². The molecule has 0 saturated heterocycles. The summed E-state index contributed by atoms with van der Waals surface area (Å²) in [4.78, 5) is 0. The summed E-state index contributed by atoms with van der Waals surface area (Å²) >= 11 is 0. The highest BCUT2D eigenvalue weighted by molar-refractivity contribution is 5.30. The van der Waals surface area contributed by atoms with Gasteiger partial charge in [-0.05, 0) is 25.7 Å². The first-order valence-corrected chi connectivity index (χ1v) is 4.73. The van der Waals surface area contributed by atoms with Crippen molar-refractivity contribution in [1.29, 1.82) is 0 Å². The first kappa shape index (κ1) is 8.56. The Bertz CT molecular complexity index is 276. The van der Waals surface area contributed by atoms with E-state index in [1.807, 2.05) is 10.9 Å². The monoisotopic (exact) mass is 181 g/mol. The third kappa shape index (κ3) is 1.83. The Balaban J connectivity index is 2.02. The number of hydrogen-bond donors (Lipinski definition) is 2. The second-order valence-corrected chi connectivity index (χ2v) is 3.72. The van der Waals surface area contributed by atoms with Crippen LogP contribution >= 0.6 is 0 Å². The lowest BCUT2D eigenvalue weighted by Gasteiger charge is -2.25. The minimum Gasteiger partial charge on any atom is -0.396 e. The van der Waals surface area contributed by atoms with Gasteiger partial charge in [-0.1, -0.05) is 0 Å². The molecule has 72 valence electrons. The van der Waals surface area contributed by atoms with Gasteiger partial charge in [-0.15, -0.1) is 0 Å². The molecule has 0 aliphatic heterocycles. The van der Waals surface area contributed by atoms with Crippen LogP contribution in [0.2, 0.25) is 0 Å². The molecule has 1 aromatic rings. The van der Waals surface area contributed by atoms with E-state index >= 15 is 0 Å². The Labute approximate surface area is 77.4 Å². The molecular weight excluding hydrogens is 166 g/mol. The quantitative estimate of drug-likeness (QED) is 0.677. The minimum atomic E-state index is -0.107. The first-order chi connectivity index (χ1) is 6.25. The molecule has 4 heteroatoms. The maximum Gasteiger partial charge on any atom is 0.0719 e. The Hall–Kier alpha value is -1.03. The van der Waals surface area contributed by atoms with Gasteiger partial charge in [0, 0.05) is 6.20 Å². The molecule has 0 aromatic carbocycles. The van der Waals surface area contributed by atoms with Gasteiger partial charge < -0.3 is 10.8 Å². The highest BCUT2D eigenvalue weighted by atomic mass is 16.3. The van der Waals surface area contributed by atoms with Crippen LogP contribution in [0.1, 0.15) is 31.7 Å². The maximum atomic E-state index is 9.32. The molecule has 4 nitrogen and oxygen atoms in total. The number of nitrogens with zero attached hydrogens (tertiary/aromatic N) is 2. The molecule has 0 amide bonds. The lowest BCUT2D eigenvalue weighted by molar-refractivity contribution is 0.108. The predicted octanol–water partition coefficient (Wildman–Crippen LogP) is 0.941. The van der Waals surface area contributed by atoms with E-state index < -0.39 is 0 Å². The smallest absolute Gasteiger partial charge is 0.0719 e. The summed E-state index contributed by atoms with van der Waals surface area (Å²) in [5, 5.41) is 13.5. The Morgan fingerprint density at radius 1 is 1.38 bits per heavy atom. The third-order valence-electron chi connectivity index (χ3n) is 2.66. The molecule has 0 bridgehead atoms. The van der Waals surface area contributed by atoms with E-state index in [2.05, 4.69) is 5.10 Å². The van der Waals surface area contributed by atoms with Crippen molar-refractivity contribution in [2.24, 2.45) is 0 Å². The molecule has 1 aliphatic rings. The molecule has 13 heavy (non-hydrogen) atoms. The molecule has 1 aliphatic carbocycles. The molecule has 0 atom stereocenters. The highest BCUT2D eigenvalue weighted by Crippen LogP contribution is 2.28. The molecule has 0 spiro atoms. The summed E-state index contributed by atoms with van der Waals surface area (Å²) in [5.74, 6) is 0. The van der Waals surface area contributed by atoms with Crippen molar-refractivity contribution in [1.82, 2.24) is 9.78 Å². The van der Waals surface area contributed by atoms with E-state index in [-0.39, 0.29) is 6.10 Å². The normalized spacial score (nSPS) is 29.0. The van der Waals surface area contributed by atoms with Gasteiger partial charge in [-0.3, -0.25) is 4.68 Å². The molecule has 0 unspecified atom stereocenters. The summed E-state index contributed by atoms with van der Waals surface area (Å²) in [6, 6.07) is 0.431. The van der Waals surface area contributed by atoms with Crippen molar-refractivity contribution in [3.05, 3.63) is 12.4 Å². The minimum absolute atomic E-state index is 0.107. The maximum absolute atomic E-state index is 9.32. The van der Waals surface area contributed by atoms with Crippen LogP contribution < -0.4 is 5.73 Å². The summed E-state index contributed by atoms with van der Waals surface area (Å²) in [5.41, 5.74) is 6.29. The lowest BCUT2D eigenvalue weighted by Crippen LogP contribution is -2.21. The van der Waals surface area contributed by atoms with Gasteiger partial charge in [-0.2, -0.15) is 5.10 Å². The van der Waals surface area contributed by atoms with Gasteiger partial charge in [-0.25, -0.2) is 0 Å². The van der Waals surface area contributed by atoms with Crippen molar-refractivity contribution in [2.45, 2.75) is 37.8 Å². The zero-order valence-corrected chi connectivity index (χ0v) is 7.56. The van der Waals surface area contributed by atoms with E-state index in [9.17, 15) is 5.11 Å². The fourth-order valence-electron chi connectivity index (χ4n) is 1.88. The van der Waals surface area contributed by atoms with Crippen LogP contribution in [0.25, 0.3) is 0 Å². The Kier molecular flexibility index (Phi) is 2.22. The van der Waals surface area contributed by atoms with Crippen LogP contribution in [-0.2, 0) is 0 Å². The Morgan fingerprint density at radius 3 is 2.62 bits per heavy atom. The van der Waals surface area contributed by atoms with Crippen molar-refractivity contribution in [3.8, 4) is 0 Å². The molecule has 2 rings (SSSR count). The fourth-order valence-corrected chi connectivity index (χ4v) is 1.88. The summed E-state index contributed by atoms with van der Waals surface area (Å²) < 4.78 is 1.92. The summed E-state index contributed by atoms with van der Waals surface area (Å²) in [6.07, 6.45) is 7.19. The number of anilines is 1. The zero-order chi connectivity index (χ0) is 9.26. The molecule has 1 heterocycles. The van der Waals surface area contributed by atoms with E-state index in [1.165, 1.54) is 0 Å². The molecule has 3 N–H and O–H groups in total. The van der Waals surface area contributed by atoms with Gasteiger partial charge in [0.15, 0.2) is 0 Å². The first-order valence-electron chi connectivity index (χ1n) is 4.73. The van der Waals surface area contributed by atoms with Crippen LogP contribution in [0.5, 0.6) is 0 Å². The summed E-state index contributed by atoms with van der Waals surface area (Å²) in [6.45, 7) is 0. The van der Waals surface area contributed by atoms with Gasteiger partial charge in [0.2, 0.25) is 0 Å². The average Bonchev–Trinajstić information content (AvgIpc) is 2.53. The van der Waals surface area contributed by atoms with Crippen LogP contribution in [0, 0.1) is 0 Å². The number of aliphatic hydroxyl groups is 1. The van der Waals surface area contributed by atoms with Crippen LogP contribution in [0.3, 0.4) is 0 Å². The van der Waals surface area contributed by atoms with E-state index in [1.54, 1.807) is 6.20 Å². The van der Waals surface area contributed by atoms with Gasteiger partial charge in [0.25, 0.3) is 0 Å². The van der Waals surface area contributed by atoms with Gasteiger partial charge in [0.05, 0.1) is 24.0 Å². The Morgan fingerprint density at radius 2 is 2.08 bits per heavy atom. The average molecular weight is 181 g/mol. The molecule has 1 aromatic heterocycles. The van der Waals surface area contributed by atoms with Gasteiger partial charge >= 0.3 is 0 Å². The topological polar surface area (TPSA) is 64.1 Å². The van der Waals surface area contributed by atoms with Crippen LogP contribution in [0.4, 0.5) is 5.69 Å². The highest BCUT2D eigenvalue weighted by Gasteiger charge is 2.20. The van der Waals surface area contributed by atoms with Crippen LogP contribution in [0.15, 0.2) is 12.4 Å². The molecule has 0 radical (unpaired) electrons. The number of aromatic nitrogens is 2. The SMILES string of the molecule is Nc1cnn([C@H]2CC[C@H](O)CC2)c1. The summed E-state index contributed by atoms with van der Waals surface area (Å²) in [7, 11) is 0. The molecule has 1 saturated carbocycles. The van der Waals surface area contributed by atoms with E-state index in [4.69, 9.17) is 5.73 Å². The van der Waals surface area contributed by atoms with Crippen molar-refractivity contribution in [2.75, 3.05) is 5.73 Å². The van der Waals surface area contributed by atoms with Crippen molar-refractivity contribution < 1.29 is 5.11 Å². The number of nitrogens with two attached hydrogens (primary N) is 1. The van der Waals surface area contributed by atoms with E-state index in [0.717, 1.165) is 25.7 Å². The van der Waals surface area contributed by atoms with Gasteiger partial charge in [0.1, 0.15) is 0 Å². The standard InChI is InChI=1S/C9H15N3O/c10-7-5-11-12(6-7)8-1-3-9(13)4-2-8/h5-6,8-9,13H,1-4,10H2/t8-,9-. The zero-order valence-electron chi connectivity index (χ0n) is 7.56. The third-order valence-corrected chi connectivity index (χ3v) is 2.66. The van der Waals surface area contributed by atoms with Crippen molar-refractivity contribution >= 4 is 5.69 Å². The fraction of sp³-hybridized carbons (Fsp3) is 0.667. The van der Waals surface area contributed by atoms with Crippen molar-refractivity contribution in [3.63, 3.8) is 0 Å². The van der Waals surface area contributed by atoms with Crippen LogP contribution in [-0.4, -0.2) is 21.0 Å². The molecular formula is C9H15N3O. The lowest BCUT2D eigenvalue weighted by atomic mass is 9.93. The predicted molar refractivity (Wildman–Crippen MR) is 50.2 cm³/mol. The molecule has 1 fully saturated rings. The number of aliphatic hydroxyl groups excluding tert-OH is 1. The number of nitrogen functional groups attached to an aromatic ring is 1. The number of hydrogen-bond acceptors (Lipinski definition) is 3. The second kappa shape index (κ2) is 3.38. The number of rotatable bonds is 1.